The van der Waals surface area contributed by atoms with Crippen LogP contribution in [0.15, 0.2) is 12.1 Å². The highest BCUT2D eigenvalue weighted by molar-refractivity contribution is 5.78. The van der Waals surface area contributed by atoms with E-state index in [-0.39, 0.29) is 11.8 Å². The molecule has 0 saturated heterocycles. The smallest absolute Gasteiger partial charge is 0.224 e. The highest BCUT2D eigenvalue weighted by atomic mass is 16.1. The fourth-order valence-electron chi connectivity index (χ4n) is 1.89. The molecule has 100 valence electrons. The van der Waals surface area contributed by atoms with E-state index in [2.05, 4.69) is 10.3 Å². The highest BCUT2D eigenvalue weighted by Crippen LogP contribution is 2.18. The van der Waals surface area contributed by atoms with Gasteiger partial charge in [-0.1, -0.05) is 13.0 Å². The first-order valence-electron chi connectivity index (χ1n) is 6.09. The maximum atomic E-state index is 11.5. The molecule has 0 bridgehead atoms. The van der Waals surface area contributed by atoms with Gasteiger partial charge in [-0.15, -0.1) is 0 Å². The number of pyridine rings is 1. The average Bonchev–Trinajstić information content (AvgIpc) is 2.37. The highest BCUT2D eigenvalue weighted by Gasteiger charge is 2.16. The molecule has 0 aliphatic rings. The van der Waals surface area contributed by atoms with Gasteiger partial charge in [-0.25, -0.2) is 4.98 Å². The number of rotatable bonds is 5. The van der Waals surface area contributed by atoms with E-state index in [0.717, 1.165) is 17.1 Å². The maximum Gasteiger partial charge on any atom is 0.224 e. The monoisotopic (exact) mass is 250 g/mol. The number of nitrogens with two attached hydrogens (primary N) is 1. The minimum absolute atomic E-state index is 0.0313. The summed E-state index contributed by atoms with van der Waals surface area (Å²) in [5.41, 5.74) is 7.65. The molecule has 3 N–H and O–H groups in total. The summed E-state index contributed by atoms with van der Waals surface area (Å²) < 4.78 is 0. The summed E-state index contributed by atoms with van der Waals surface area (Å²) in [6.45, 7) is 4.90. The number of aromatic nitrogens is 1. The lowest BCUT2D eigenvalue weighted by Crippen LogP contribution is -2.35. The third kappa shape index (κ3) is 3.43. The average molecular weight is 250 g/mol. The summed E-state index contributed by atoms with van der Waals surface area (Å²) in [7, 11) is 3.58. The molecule has 0 radical (unpaired) electrons. The molecule has 18 heavy (non-hydrogen) atoms. The van der Waals surface area contributed by atoms with Crippen LogP contribution in [0.1, 0.15) is 18.2 Å². The molecule has 1 amide bonds. The van der Waals surface area contributed by atoms with Crippen LogP contribution >= 0.6 is 0 Å². The van der Waals surface area contributed by atoms with Crippen LogP contribution in [-0.4, -0.2) is 31.5 Å². The largest absolute Gasteiger partial charge is 0.359 e. The zero-order chi connectivity index (χ0) is 13.7. The molecule has 1 aromatic rings. The second-order valence-electron chi connectivity index (χ2n) is 4.54. The van der Waals surface area contributed by atoms with Crippen molar-refractivity contribution in [2.45, 2.75) is 20.4 Å². The Balaban J connectivity index is 2.86. The predicted octanol–water partition coefficient (Wildman–Crippen LogP) is 0.667. The molecular weight excluding hydrogens is 228 g/mol. The second kappa shape index (κ2) is 6.35. The second-order valence-corrected chi connectivity index (χ2v) is 4.54. The zero-order valence-corrected chi connectivity index (χ0v) is 11.5. The zero-order valence-electron chi connectivity index (χ0n) is 11.5. The third-order valence-electron chi connectivity index (χ3n) is 2.92. The molecule has 0 aromatic carbocycles. The van der Waals surface area contributed by atoms with Gasteiger partial charge in [-0.3, -0.25) is 4.79 Å². The van der Waals surface area contributed by atoms with Gasteiger partial charge in [0.25, 0.3) is 0 Å². The molecule has 0 fully saturated rings. The number of hydrogen-bond acceptors (Lipinski definition) is 4. The van der Waals surface area contributed by atoms with E-state index < -0.39 is 0 Å². The first-order chi connectivity index (χ1) is 8.49. The summed E-state index contributed by atoms with van der Waals surface area (Å²) in [6, 6.07) is 3.93. The number of nitrogens with zero attached hydrogens (tertiary/aromatic N) is 2. The Hall–Kier alpha value is -1.62. The van der Waals surface area contributed by atoms with Gasteiger partial charge >= 0.3 is 0 Å². The summed E-state index contributed by atoms with van der Waals surface area (Å²) >= 11 is 0. The molecule has 1 heterocycles. The minimum Gasteiger partial charge on any atom is -0.359 e. The Morgan fingerprint density at radius 2 is 2.22 bits per heavy atom. The Morgan fingerprint density at radius 3 is 2.78 bits per heavy atom. The Kier molecular flexibility index (Phi) is 5.09. The van der Waals surface area contributed by atoms with E-state index in [0.29, 0.717) is 13.1 Å². The first kappa shape index (κ1) is 14.4. The number of hydrogen-bond donors (Lipinski definition) is 2. The van der Waals surface area contributed by atoms with Gasteiger partial charge in [0.05, 0.1) is 5.92 Å². The standard InChI is InChI=1S/C13H22N4O/c1-9(13(18)15-3)8-17(4)12-11(7-14)6-5-10(2)16-12/h5-6,9H,7-8,14H2,1-4H3,(H,15,18). The summed E-state index contributed by atoms with van der Waals surface area (Å²) in [5.74, 6) is 0.796. The normalized spacial score (nSPS) is 12.1. The molecule has 0 spiro atoms. The van der Waals surface area contributed by atoms with Crippen LogP contribution in [0.3, 0.4) is 0 Å². The number of aryl methyl sites for hydroxylation is 1. The van der Waals surface area contributed by atoms with E-state index in [1.54, 1.807) is 7.05 Å². The van der Waals surface area contributed by atoms with Crippen LogP contribution in [0.5, 0.6) is 0 Å². The molecule has 5 heteroatoms. The number of amides is 1. The topological polar surface area (TPSA) is 71.2 Å². The first-order valence-corrected chi connectivity index (χ1v) is 6.09. The summed E-state index contributed by atoms with van der Waals surface area (Å²) in [5, 5.41) is 2.65. The lowest BCUT2D eigenvalue weighted by molar-refractivity contribution is -0.123. The Labute approximate surface area is 108 Å². The van der Waals surface area contributed by atoms with Crippen LogP contribution in [0.25, 0.3) is 0 Å². The molecule has 0 aliphatic carbocycles. The van der Waals surface area contributed by atoms with Crippen LogP contribution in [-0.2, 0) is 11.3 Å². The lowest BCUT2D eigenvalue weighted by atomic mass is 10.1. The van der Waals surface area contributed by atoms with Crippen molar-refractivity contribution in [3.05, 3.63) is 23.4 Å². The number of anilines is 1. The van der Waals surface area contributed by atoms with Crippen molar-refractivity contribution in [2.24, 2.45) is 11.7 Å². The van der Waals surface area contributed by atoms with Crippen molar-refractivity contribution in [3.63, 3.8) is 0 Å². The van der Waals surface area contributed by atoms with Gasteiger partial charge in [-0.2, -0.15) is 0 Å². The molecule has 1 atom stereocenters. The number of carbonyl (C=O) groups excluding carboxylic acids is 1. The molecule has 0 aliphatic heterocycles. The number of nitrogens with one attached hydrogen (secondary N) is 1. The van der Waals surface area contributed by atoms with Gasteiger partial charge < -0.3 is 16.0 Å². The van der Waals surface area contributed by atoms with Gasteiger partial charge in [0.15, 0.2) is 0 Å². The van der Waals surface area contributed by atoms with Crippen molar-refractivity contribution in [2.75, 3.05) is 25.5 Å². The molecule has 1 rings (SSSR count). The Morgan fingerprint density at radius 1 is 1.56 bits per heavy atom. The van der Waals surface area contributed by atoms with Gasteiger partial charge in [0.1, 0.15) is 5.82 Å². The van der Waals surface area contributed by atoms with Crippen molar-refractivity contribution in [1.82, 2.24) is 10.3 Å². The van der Waals surface area contributed by atoms with Crippen LogP contribution in [0.2, 0.25) is 0 Å². The van der Waals surface area contributed by atoms with Crippen LogP contribution in [0.4, 0.5) is 5.82 Å². The maximum absolute atomic E-state index is 11.5. The van der Waals surface area contributed by atoms with Gasteiger partial charge in [-0.05, 0) is 13.0 Å². The Bertz CT molecular complexity index is 419. The minimum atomic E-state index is -0.0899. The molecule has 1 aromatic heterocycles. The third-order valence-corrected chi connectivity index (χ3v) is 2.92. The predicted molar refractivity (Wildman–Crippen MR) is 73.4 cm³/mol. The van der Waals surface area contributed by atoms with Crippen LogP contribution in [0, 0.1) is 12.8 Å². The summed E-state index contributed by atoms with van der Waals surface area (Å²) in [4.78, 5) is 18.0. The van der Waals surface area contributed by atoms with Gasteiger partial charge in [0, 0.05) is 38.4 Å². The molecular formula is C13H22N4O. The molecule has 5 nitrogen and oxygen atoms in total. The van der Waals surface area contributed by atoms with E-state index in [9.17, 15) is 4.79 Å². The lowest BCUT2D eigenvalue weighted by Gasteiger charge is -2.24. The van der Waals surface area contributed by atoms with E-state index in [4.69, 9.17) is 5.73 Å². The number of carbonyl (C=O) groups is 1. The van der Waals surface area contributed by atoms with Gasteiger partial charge in [0.2, 0.25) is 5.91 Å². The van der Waals surface area contributed by atoms with Crippen molar-refractivity contribution in [1.29, 1.82) is 0 Å². The van der Waals surface area contributed by atoms with Crippen molar-refractivity contribution >= 4 is 11.7 Å². The van der Waals surface area contributed by atoms with Crippen molar-refractivity contribution < 1.29 is 4.79 Å². The molecule has 0 saturated carbocycles. The van der Waals surface area contributed by atoms with Crippen molar-refractivity contribution in [3.8, 4) is 0 Å². The SMILES string of the molecule is CNC(=O)C(C)CN(C)c1nc(C)ccc1CN. The fourth-order valence-corrected chi connectivity index (χ4v) is 1.89. The van der Waals surface area contributed by atoms with E-state index >= 15 is 0 Å². The summed E-state index contributed by atoms with van der Waals surface area (Å²) in [6.07, 6.45) is 0. The van der Waals surface area contributed by atoms with Crippen LogP contribution < -0.4 is 16.0 Å². The fraction of sp³-hybridized carbons (Fsp3) is 0.538. The van der Waals surface area contributed by atoms with E-state index in [1.165, 1.54) is 0 Å². The molecule has 1 unspecified atom stereocenters. The quantitative estimate of drug-likeness (QED) is 0.805. The van der Waals surface area contributed by atoms with E-state index in [1.807, 2.05) is 37.9 Å².